The number of hydrogen-bond acceptors (Lipinski definition) is 4. The molecule has 1 aromatic rings. The third kappa shape index (κ3) is 6.26. The molecule has 0 radical (unpaired) electrons. The molecule has 0 aromatic heterocycles. The highest BCUT2D eigenvalue weighted by Crippen LogP contribution is 2.39. The number of carbonyl (C=O) groups excluding carboxylic acids is 2. The number of nitrogens with one attached hydrogen (secondary N) is 2. The maximum Gasteiger partial charge on any atom is 0.408 e. The van der Waals surface area contributed by atoms with Crippen molar-refractivity contribution in [2.75, 3.05) is 0 Å². The lowest BCUT2D eigenvalue weighted by molar-refractivity contribution is -0.122. The summed E-state index contributed by atoms with van der Waals surface area (Å²) in [5.74, 6) is -2.04. The summed E-state index contributed by atoms with van der Waals surface area (Å²) in [6.45, 7) is 2.62. The van der Waals surface area contributed by atoms with E-state index in [2.05, 4.69) is 10.6 Å². The van der Waals surface area contributed by atoms with Crippen LogP contribution in [0, 0.1) is 0 Å². The van der Waals surface area contributed by atoms with Gasteiger partial charge in [-0.05, 0) is 19.4 Å². The molecule has 122 valence electrons. The molecule has 0 saturated heterocycles. The van der Waals surface area contributed by atoms with Gasteiger partial charge in [0.15, 0.2) is 0 Å². The predicted octanol–water partition coefficient (Wildman–Crippen LogP) is 0.941. The Labute approximate surface area is 128 Å². The van der Waals surface area contributed by atoms with E-state index in [0.29, 0.717) is 0 Å². The molecule has 2 amide bonds. The standard InChI is InChI=1S/C13H19N2O6P/c1-9(12(16)15-10(2)22(18,19)20)14-13(17)21-8-11-6-4-3-5-7-11/h3-7,9-10H,8H2,1-2H3,(H,14,17)(H,15,16)(H2,18,19,20)/t9-,10-/m0/s1. The average molecular weight is 330 g/mol. The number of amides is 2. The van der Waals surface area contributed by atoms with Crippen LogP contribution in [-0.2, 0) is 20.7 Å². The van der Waals surface area contributed by atoms with Crippen molar-refractivity contribution in [3.8, 4) is 0 Å². The maximum absolute atomic E-state index is 11.7. The van der Waals surface area contributed by atoms with E-state index in [1.165, 1.54) is 13.8 Å². The fraction of sp³-hybridized carbons (Fsp3) is 0.385. The molecule has 1 aromatic carbocycles. The fourth-order valence-electron chi connectivity index (χ4n) is 1.42. The molecule has 0 aliphatic carbocycles. The minimum absolute atomic E-state index is 0.0555. The van der Waals surface area contributed by atoms with E-state index in [1.807, 2.05) is 6.07 Å². The van der Waals surface area contributed by atoms with E-state index in [1.54, 1.807) is 24.3 Å². The lowest BCUT2D eigenvalue weighted by Crippen LogP contribution is -2.47. The minimum Gasteiger partial charge on any atom is -0.445 e. The van der Waals surface area contributed by atoms with Crippen molar-refractivity contribution >= 4 is 19.6 Å². The number of hydrogen-bond donors (Lipinski definition) is 4. The Balaban J connectivity index is 2.40. The van der Waals surface area contributed by atoms with Crippen molar-refractivity contribution in [1.29, 1.82) is 0 Å². The van der Waals surface area contributed by atoms with E-state index in [0.717, 1.165) is 5.56 Å². The molecule has 8 nitrogen and oxygen atoms in total. The van der Waals surface area contributed by atoms with Gasteiger partial charge in [-0.1, -0.05) is 30.3 Å². The summed E-state index contributed by atoms with van der Waals surface area (Å²) < 4.78 is 15.9. The van der Waals surface area contributed by atoms with E-state index in [9.17, 15) is 14.2 Å². The van der Waals surface area contributed by atoms with E-state index in [-0.39, 0.29) is 6.61 Å². The van der Waals surface area contributed by atoms with Crippen molar-refractivity contribution in [2.24, 2.45) is 0 Å². The van der Waals surface area contributed by atoms with Gasteiger partial charge in [0, 0.05) is 0 Å². The third-order valence-electron chi connectivity index (χ3n) is 2.80. The Kier molecular flexibility index (Phi) is 6.55. The first-order valence-electron chi connectivity index (χ1n) is 6.53. The zero-order valence-corrected chi connectivity index (χ0v) is 13.1. The Bertz CT molecular complexity index is 559. The molecule has 4 N–H and O–H groups in total. The molecule has 0 bridgehead atoms. The quantitative estimate of drug-likeness (QED) is 0.575. The van der Waals surface area contributed by atoms with Crippen LogP contribution in [0.4, 0.5) is 4.79 Å². The number of rotatable bonds is 6. The molecule has 22 heavy (non-hydrogen) atoms. The van der Waals surface area contributed by atoms with Crippen molar-refractivity contribution in [3.05, 3.63) is 35.9 Å². The number of benzene rings is 1. The van der Waals surface area contributed by atoms with Crippen LogP contribution in [0.3, 0.4) is 0 Å². The summed E-state index contributed by atoms with van der Waals surface area (Å²) in [7, 11) is -4.41. The first kappa shape index (κ1) is 18.2. The molecule has 0 aliphatic heterocycles. The summed E-state index contributed by atoms with van der Waals surface area (Å²) in [6, 6.07) is 8.01. The molecule has 0 fully saturated rings. The molecule has 0 heterocycles. The van der Waals surface area contributed by atoms with Gasteiger partial charge < -0.3 is 25.2 Å². The first-order valence-corrected chi connectivity index (χ1v) is 8.21. The second-order valence-corrected chi connectivity index (χ2v) is 6.65. The van der Waals surface area contributed by atoms with Crippen molar-refractivity contribution in [3.63, 3.8) is 0 Å². The SMILES string of the molecule is C[C@H](NC(=O)OCc1ccccc1)C(=O)N[C@H](C)P(=O)(O)O. The second-order valence-electron chi connectivity index (χ2n) is 4.70. The Morgan fingerprint density at radius 1 is 1.18 bits per heavy atom. The largest absolute Gasteiger partial charge is 0.445 e. The summed E-state index contributed by atoms with van der Waals surface area (Å²) >= 11 is 0. The van der Waals surface area contributed by atoms with E-state index < -0.39 is 31.4 Å². The predicted molar refractivity (Wildman–Crippen MR) is 78.9 cm³/mol. The highest BCUT2D eigenvalue weighted by atomic mass is 31.2. The van der Waals surface area contributed by atoms with Crippen LogP contribution in [0.15, 0.2) is 30.3 Å². The highest BCUT2D eigenvalue weighted by Gasteiger charge is 2.27. The van der Waals surface area contributed by atoms with Crippen molar-refractivity contribution in [1.82, 2.24) is 10.6 Å². The van der Waals surface area contributed by atoms with Crippen molar-refractivity contribution < 1.29 is 28.7 Å². The second kappa shape index (κ2) is 7.93. The van der Waals surface area contributed by atoms with Gasteiger partial charge in [-0.3, -0.25) is 9.36 Å². The van der Waals surface area contributed by atoms with Crippen LogP contribution in [0.1, 0.15) is 19.4 Å². The smallest absolute Gasteiger partial charge is 0.408 e. The third-order valence-corrected chi connectivity index (χ3v) is 3.93. The van der Waals surface area contributed by atoms with Gasteiger partial charge in [0.25, 0.3) is 0 Å². The molecule has 0 spiro atoms. The summed E-state index contributed by atoms with van der Waals surface area (Å²) in [4.78, 5) is 41.0. The molecule has 1 rings (SSSR count). The van der Waals surface area contributed by atoms with Gasteiger partial charge in [-0.25, -0.2) is 4.79 Å². The van der Waals surface area contributed by atoms with Gasteiger partial charge in [0.1, 0.15) is 18.4 Å². The van der Waals surface area contributed by atoms with Gasteiger partial charge >= 0.3 is 13.7 Å². The normalized spacial score (nSPS) is 13.8. The number of carbonyl (C=O) groups is 2. The molecular formula is C13H19N2O6P. The monoisotopic (exact) mass is 330 g/mol. The lowest BCUT2D eigenvalue weighted by atomic mass is 10.2. The van der Waals surface area contributed by atoms with Crippen LogP contribution in [0.2, 0.25) is 0 Å². The van der Waals surface area contributed by atoms with Gasteiger partial charge in [0.05, 0.1) is 0 Å². The summed E-state index contributed by atoms with van der Waals surface area (Å²) in [6.07, 6.45) is -0.796. The van der Waals surface area contributed by atoms with Crippen molar-refractivity contribution in [2.45, 2.75) is 32.3 Å². The fourth-order valence-corrected chi connectivity index (χ4v) is 1.72. The zero-order valence-electron chi connectivity index (χ0n) is 12.2. The minimum atomic E-state index is -4.41. The molecule has 0 unspecified atom stereocenters. The Morgan fingerprint density at radius 3 is 2.32 bits per heavy atom. The maximum atomic E-state index is 11.7. The van der Waals surface area contributed by atoms with Gasteiger partial charge in [0.2, 0.25) is 5.91 Å². The molecular weight excluding hydrogens is 311 g/mol. The van der Waals surface area contributed by atoms with E-state index in [4.69, 9.17) is 14.5 Å². The molecule has 2 atom stereocenters. The Morgan fingerprint density at radius 2 is 1.77 bits per heavy atom. The van der Waals surface area contributed by atoms with E-state index >= 15 is 0 Å². The molecule has 0 saturated carbocycles. The molecule has 0 aliphatic rings. The average Bonchev–Trinajstić information content (AvgIpc) is 2.45. The van der Waals surface area contributed by atoms with Crippen LogP contribution in [0.5, 0.6) is 0 Å². The summed E-state index contributed by atoms with van der Waals surface area (Å²) in [5, 5.41) is 4.41. The van der Waals surface area contributed by atoms with Gasteiger partial charge in [-0.2, -0.15) is 0 Å². The van der Waals surface area contributed by atoms with Crippen LogP contribution in [-0.4, -0.2) is 33.6 Å². The number of alkyl carbamates (subject to hydrolysis) is 1. The van der Waals surface area contributed by atoms with Crippen LogP contribution >= 0.6 is 7.60 Å². The first-order chi connectivity index (χ1) is 10.2. The highest BCUT2D eigenvalue weighted by molar-refractivity contribution is 7.52. The number of ether oxygens (including phenoxy) is 1. The van der Waals surface area contributed by atoms with Crippen LogP contribution in [0.25, 0.3) is 0 Å². The van der Waals surface area contributed by atoms with Crippen LogP contribution < -0.4 is 10.6 Å². The topological polar surface area (TPSA) is 125 Å². The van der Waals surface area contributed by atoms with Gasteiger partial charge in [-0.15, -0.1) is 0 Å². The Hall–Kier alpha value is -1.89. The zero-order chi connectivity index (χ0) is 16.8. The summed E-state index contributed by atoms with van der Waals surface area (Å²) in [5.41, 5.74) is 0.796. The molecule has 9 heteroatoms. The lowest BCUT2D eigenvalue weighted by Gasteiger charge is -2.19.